The topological polar surface area (TPSA) is 68.3 Å². The molecule has 0 aliphatic heterocycles. The number of ether oxygens (including phenoxy) is 2. The Kier molecular flexibility index (Phi) is 5.43. The minimum absolute atomic E-state index is 0.474. The van der Waals surface area contributed by atoms with Gasteiger partial charge in [-0.05, 0) is 48.9 Å². The van der Waals surface area contributed by atoms with E-state index in [9.17, 15) is 0 Å². The molecule has 0 aliphatic carbocycles. The Bertz CT molecular complexity index is 918. The molecule has 2 aromatic carbocycles. The Morgan fingerprint density at radius 1 is 0.923 bits per heavy atom. The van der Waals surface area contributed by atoms with Crippen LogP contribution < -0.4 is 20.1 Å². The van der Waals surface area contributed by atoms with Crippen molar-refractivity contribution >= 4 is 34.7 Å². The molecule has 26 heavy (non-hydrogen) atoms. The molecule has 0 saturated heterocycles. The molecule has 7 heteroatoms. The van der Waals surface area contributed by atoms with Gasteiger partial charge in [-0.2, -0.15) is 4.98 Å². The maximum atomic E-state index is 6.00. The normalized spacial score (nSPS) is 10.3. The number of methoxy groups -OCH3 is 2. The summed E-state index contributed by atoms with van der Waals surface area (Å²) in [5.41, 5.74) is 2.65. The highest BCUT2D eigenvalue weighted by Crippen LogP contribution is 2.31. The predicted octanol–water partition coefficient (Wildman–Crippen LogP) is 4.94. The van der Waals surface area contributed by atoms with E-state index in [4.69, 9.17) is 21.1 Å². The first-order valence-electron chi connectivity index (χ1n) is 7.94. The van der Waals surface area contributed by atoms with Gasteiger partial charge in [-0.1, -0.05) is 11.6 Å². The average Bonchev–Trinajstić information content (AvgIpc) is 2.64. The smallest absolute Gasteiger partial charge is 0.229 e. The van der Waals surface area contributed by atoms with Crippen molar-refractivity contribution in [3.05, 3.63) is 59.2 Å². The highest BCUT2D eigenvalue weighted by atomic mass is 35.5. The SMILES string of the molecule is COc1ccc(OC)c(Nc2ccnc(Nc3ccc(Cl)cc3C)n2)c1. The zero-order valence-corrected chi connectivity index (χ0v) is 15.5. The van der Waals surface area contributed by atoms with Crippen LogP contribution in [0.25, 0.3) is 0 Å². The summed E-state index contributed by atoms with van der Waals surface area (Å²) < 4.78 is 10.6. The minimum atomic E-state index is 0.474. The highest BCUT2D eigenvalue weighted by Gasteiger charge is 2.08. The largest absolute Gasteiger partial charge is 0.497 e. The van der Waals surface area contributed by atoms with Crippen LogP contribution in [0, 0.1) is 6.92 Å². The molecule has 2 N–H and O–H groups in total. The van der Waals surface area contributed by atoms with Gasteiger partial charge in [0.05, 0.1) is 19.9 Å². The molecule has 1 heterocycles. The van der Waals surface area contributed by atoms with E-state index in [1.807, 2.05) is 43.3 Å². The monoisotopic (exact) mass is 370 g/mol. The van der Waals surface area contributed by atoms with E-state index in [1.165, 1.54) is 0 Å². The summed E-state index contributed by atoms with van der Waals surface area (Å²) in [6, 6.07) is 12.9. The molecule has 0 atom stereocenters. The molecule has 0 amide bonds. The molecule has 3 aromatic rings. The first-order chi connectivity index (χ1) is 12.6. The fraction of sp³-hybridized carbons (Fsp3) is 0.158. The summed E-state index contributed by atoms with van der Waals surface area (Å²) in [5.74, 6) is 2.51. The van der Waals surface area contributed by atoms with Gasteiger partial charge in [0.1, 0.15) is 17.3 Å². The van der Waals surface area contributed by atoms with E-state index in [0.29, 0.717) is 22.5 Å². The molecule has 0 bridgehead atoms. The van der Waals surface area contributed by atoms with Gasteiger partial charge in [0, 0.05) is 23.0 Å². The summed E-state index contributed by atoms with van der Waals surface area (Å²) in [6.45, 7) is 1.97. The molecule has 6 nitrogen and oxygen atoms in total. The summed E-state index contributed by atoms with van der Waals surface area (Å²) >= 11 is 6.00. The van der Waals surface area contributed by atoms with Crippen molar-refractivity contribution in [1.82, 2.24) is 9.97 Å². The van der Waals surface area contributed by atoms with E-state index < -0.39 is 0 Å². The maximum absolute atomic E-state index is 6.00. The third-order valence-electron chi connectivity index (χ3n) is 3.76. The van der Waals surface area contributed by atoms with Gasteiger partial charge >= 0.3 is 0 Å². The number of nitrogens with one attached hydrogen (secondary N) is 2. The second-order valence-electron chi connectivity index (χ2n) is 5.54. The van der Waals surface area contributed by atoms with Crippen molar-refractivity contribution in [3.8, 4) is 11.5 Å². The summed E-state index contributed by atoms with van der Waals surface area (Å²) in [5, 5.41) is 7.12. The number of anilines is 4. The molecule has 3 rings (SSSR count). The van der Waals surface area contributed by atoms with Crippen LogP contribution in [0.4, 0.5) is 23.1 Å². The van der Waals surface area contributed by atoms with Gasteiger partial charge in [-0.15, -0.1) is 0 Å². The summed E-state index contributed by atoms with van der Waals surface area (Å²) in [4.78, 5) is 8.76. The fourth-order valence-electron chi connectivity index (χ4n) is 2.43. The van der Waals surface area contributed by atoms with E-state index in [2.05, 4.69) is 20.6 Å². The highest BCUT2D eigenvalue weighted by molar-refractivity contribution is 6.30. The number of aromatic nitrogens is 2. The second kappa shape index (κ2) is 7.93. The van der Waals surface area contributed by atoms with Gasteiger partial charge in [0.2, 0.25) is 5.95 Å². The average molecular weight is 371 g/mol. The number of hydrogen-bond donors (Lipinski definition) is 2. The van der Waals surface area contributed by atoms with Gasteiger partial charge in [-0.3, -0.25) is 0 Å². The van der Waals surface area contributed by atoms with Gasteiger partial charge in [-0.25, -0.2) is 4.98 Å². The maximum Gasteiger partial charge on any atom is 0.229 e. The standard InChI is InChI=1S/C19H19ClN4O2/c1-12-10-13(20)4-6-15(12)23-19-21-9-8-18(24-19)22-16-11-14(25-2)5-7-17(16)26-3/h4-11H,1-3H3,(H2,21,22,23,24). The third kappa shape index (κ3) is 4.15. The van der Waals surface area contributed by atoms with Crippen molar-refractivity contribution in [3.63, 3.8) is 0 Å². The predicted molar refractivity (Wildman–Crippen MR) is 104 cm³/mol. The van der Waals surface area contributed by atoms with Crippen molar-refractivity contribution < 1.29 is 9.47 Å². The lowest BCUT2D eigenvalue weighted by molar-refractivity contribution is 0.405. The zero-order valence-electron chi connectivity index (χ0n) is 14.7. The quantitative estimate of drug-likeness (QED) is 0.640. The molecule has 0 spiro atoms. The van der Waals surface area contributed by atoms with Crippen LogP contribution in [0.15, 0.2) is 48.7 Å². The van der Waals surface area contributed by atoms with E-state index in [1.54, 1.807) is 26.5 Å². The lowest BCUT2D eigenvalue weighted by atomic mass is 10.2. The second-order valence-corrected chi connectivity index (χ2v) is 5.98. The molecular formula is C19H19ClN4O2. The molecule has 134 valence electrons. The molecule has 0 aliphatic rings. The number of hydrogen-bond acceptors (Lipinski definition) is 6. The van der Waals surface area contributed by atoms with Crippen molar-refractivity contribution in [2.45, 2.75) is 6.92 Å². The molecule has 0 radical (unpaired) electrons. The third-order valence-corrected chi connectivity index (χ3v) is 3.99. The Balaban J connectivity index is 1.84. The Labute approximate surface area is 157 Å². The number of rotatable bonds is 6. The lowest BCUT2D eigenvalue weighted by Gasteiger charge is -2.13. The first kappa shape index (κ1) is 17.8. The van der Waals surface area contributed by atoms with Crippen molar-refractivity contribution in [2.24, 2.45) is 0 Å². The van der Waals surface area contributed by atoms with Crippen LogP contribution in [0.1, 0.15) is 5.56 Å². The van der Waals surface area contributed by atoms with Crippen LogP contribution >= 0.6 is 11.6 Å². The molecule has 0 saturated carbocycles. The van der Waals surface area contributed by atoms with Crippen molar-refractivity contribution in [1.29, 1.82) is 0 Å². The number of nitrogens with zero attached hydrogens (tertiary/aromatic N) is 2. The van der Waals surface area contributed by atoms with Gasteiger partial charge in [0.25, 0.3) is 0 Å². The van der Waals surface area contributed by atoms with Crippen LogP contribution in [0.2, 0.25) is 5.02 Å². The molecule has 1 aromatic heterocycles. The fourth-order valence-corrected chi connectivity index (χ4v) is 2.65. The Morgan fingerprint density at radius 3 is 2.50 bits per heavy atom. The Hall–Kier alpha value is -2.99. The van der Waals surface area contributed by atoms with E-state index >= 15 is 0 Å². The van der Waals surface area contributed by atoms with Crippen LogP contribution in [0.5, 0.6) is 11.5 Å². The number of aryl methyl sites for hydroxylation is 1. The van der Waals surface area contributed by atoms with Gasteiger partial charge < -0.3 is 20.1 Å². The Morgan fingerprint density at radius 2 is 1.77 bits per heavy atom. The summed E-state index contributed by atoms with van der Waals surface area (Å²) in [7, 11) is 3.23. The number of benzene rings is 2. The first-order valence-corrected chi connectivity index (χ1v) is 8.32. The summed E-state index contributed by atoms with van der Waals surface area (Å²) in [6.07, 6.45) is 1.68. The van der Waals surface area contributed by atoms with Crippen LogP contribution in [-0.4, -0.2) is 24.2 Å². The van der Waals surface area contributed by atoms with Crippen LogP contribution in [-0.2, 0) is 0 Å². The van der Waals surface area contributed by atoms with Gasteiger partial charge in [0.15, 0.2) is 0 Å². The van der Waals surface area contributed by atoms with E-state index in [0.717, 1.165) is 22.7 Å². The van der Waals surface area contributed by atoms with E-state index in [-0.39, 0.29) is 0 Å². The minimum Gasteiger partial charge on any atom is -0.497 e. The van der Waals surface area contributed by atoms with Crippen LogP contribution in [0.3, 0.4) is 0 Å². The molecular weight excluding hydrogens is 352 g/mol. The number of halogens is 1. The zero-order chi connectivity index (χ0) is 18.5. The molecule has 0 fully saturated rings. The lowest BCUT2D eigenvalue weighted by Crippen LogP contribution is -2.02. The van der Waals surface area contributed by atoms with Crippen molar-refractivity contribution in [2.75, 3.05) is 24.9 Å². The molecule has 0 unspecified atom stereocenters.